The molecule has 0 unspecified atom stereocenters. The Hall–Kier alpha value is -0.730. The van der Waals surface area contributed by atoms with Crippen LogP contribution < -0.4 is 5.32 Å². The highest BCUT2D eigenvalue weighted by molar-refractivity contribution is 7.11. The fraction of sp³-hybridized carbons (Fsp3) is 0.769. The molecule has 0 radical (unpaired) electrons. The average Bonchev–Trinajstić information content (AvgIpc) is 2.79. The minimum atomic E-state index is -4.12. The van der Waals surface area contributed by atoms with Gasteiger partial charge in [-0.2, -0.15) is 8.78 Å². The van der Waals surface area contributed by atoms with Crippen LogP contribution in [0.1, 0.15) is 42.3 Å². The van der Waals surface area contributed by atoms with Crippen molar-refractivity contribution in [3.05, 3.63) is 15.6 Å². The fourth-order valence-electron chi connectivity index (χ4n) is 1.63. The Morgan fingerprint density at radius 3 is 2.52 bits per heavy atom. The van der Waals surface area contributed by atoms with Crippen molar-refractivity contribution >= 4 is 11.3 Å². The first-order chi connectivity index (χ1) is 9.77. The molecule has 1 aromatic heterocycles. The number of alkyl halides is 4. The van der Waals surface area contributed by atoms with Gasteiger partial charge in [-0.05, 0) is 12.5 Å². The molecule has 0 saturated heterocycles. The van der Waals surface area contributed by atoms with Crippen LogP contribution in [0.5, 0.6) is 0 Å². The zero-order valence-corrected chi connectivity index (χ0v) is 13.1. The number of thiazole rings is 1. The SMILES string of the molecule is CCNCc1sc(COCC(F)(F)C(F)F)nc1C(C)C. The maximum absolute atomic E-state index is 12.7. The number of hydrogen-bond acceptors (Lipinski definition) is 4. The lowest BCUT2D eigenvalue weighted by atomic mass is 10.1. The van der Waals surface area contributed by atoms with Gasteiger partial charge in [0.1, 0.15) is 11.6 Å². The van der Waals surface area contributed by atoms with Gasteiger partial charge in [-0.3, -0.25) is 0 Å². The molecule has 8 heteroatoms. The molecule has 122 valence electrons. The molecule has 1 aromatic rings. The van der Waals surface area contributed by atoms with E-state index in [9.17, 15) is 17.6 Å². The summed E-state index contributed by atoms with van der Waals surface area (Å²) >= 11 is 1.36. The monoisotopic (exact) mass is 328 g/mol. The third-order valence-electron chi connectivity index (χ3n) is 2.69. The van der Waals surface area contributed by atoms with Gasteiger partial charge in [-0.25, -0.2) is 13.8 Å². The summed E-state index contributed by atoms with van der Waals surface area (Å²) in [5, 5.41) is 3.70. The standard InChI is InChI=1S/C13H20F4N2OS/c1-4-18-5-9-11(8(2)3)19-10(21-9)6-20-7-13(16,17)12(14)15/h8,12,18H,4-7H2,1-3H3. The Balaban J connectivity index is 2.63. The van der Waals surface area contributed by atoms with E-state index in [1.807, 2.05) is 20.8 Å². The number of halogens is 4. The van der Waals surface area contributed by atoms with Crippen molar-refractivity contribution in [2.24, 2.45) is 0 Å². The van der Waals surface area contributed by atoms with Gasteiger partial charge >= 0.3 is 12.3 Å². The quantitative estimate of drug-likeness (QED) is 0.700. The molecular formula is C13H20F4N2OS. The topological polar surface area (TPSA) is 34.1 Å². The smallest absolute Gasteiger partial charge is 0.330 e. The number of rotatable bonds is 9. The second kappa shape index (κ2) is 8.05. The molecule has 0 atom stereocenters. The molecule has 21 heavy (non-hydrogen) atoms. The van der Waals surface area contributed by atoms with Crippen LogP contribution in [0, 0.1) is 0 Å². The van der Waals surface area contributed by atoms with Gasteiger partial charge in [0.25, 0.3) is 0 Å². The number of ether oxygens (including phenoxy) is 1. The Bertz CT molecular complexity index is 438. The van der Waals surface area contributed by atoms with Crippen molar-refractivity contribution in [3.8, 4) is 0 Å². The first-order valence-corrected chi connectivity index (χ1v) is 7.52. The molecule has 0 spiro atoms. The van der Waals surface area contributed by atoms with E-state index in [0.717, 1.165) is 17.1 Å². The summed E-state index contributed by atoms with van der Waals surface area (Å²) in [6.45, 7) is 5.92. The molecule has 0 bridgehead atoms. The zero-order chi connectivity index (χ0) is 16.0. The predicted molar refractivity (Wildman–Crippen MR) is 74.2 cm³/mol. The second-order valence-electron chi connectivity index (χ2n) is 4.91. The van der Waals surface area contributed by atoms with Gasteiger partial charge < -0.3 is 10.1 Å². The highest BCUT2D eigenvalue weighted by Crippen LogP contribution is 2.27. The lowest BCUT2D eigenvalue weighted by Gasteiger charge is -2.14. The average molecular weight is 328 g/mol. The summed E-state index contributed by atoms with van der Waals surface area (Å²) in [6.07, 6.45) is -3.72. The molecule has 0 amide bonds. The molecule has 0 aliphatic rings. The van der Waals surface area contributed by atoms with Gasteiger partial charge in [-0.15, -0.1) is 11.3 Å². The van der Waals surface area contributed by atoms with Gasteiger partial charge in [0.15, 0.2) is 0 Å². The van der Waals surface area contributed by atoms with Crippen LogP contribution in [-0.4, -0.2) is 30.5 Å². The normalized spacial score (nSPS) is 12.6. The van der Waals surface area contributed by atoms with Crippen molar-refractivity contribution in [2.75, 3.05) is 13.2 Å². The largest absolute Gasteiger partial charge is 0.368 e. The van der Waals surface area contributed by atoms with Gasteiger partial charge in [0.2, 0.25) is 0 Å². The number of aromatic nitrogens is 1. The van der Waals surface area contributed by atoms with Crippen molar-refractivity contribution in [2.45, 2.75) is 52.2 Å². The molecule has 1 heterocycles. The van der Waals surface area contributed by atoms with Crippen molar-refractivity contribution < 1.29 is 22.3 Å². The minimum absolute atomic E-state index is 0.182. The molecule has 0 saturated carbocycles. The molecular weight excluding hydrogens is 308 g/mol. The van der Waals surface area contributed by atoms with E-state index < -0.39 is 19.0 Å². The summed E-state index contributed by atoms with van der Waals surface area (Å²) in [5.74, 6) is -3.92. The molecule has 0 aliphatic heterocycles. The molecule has 1 rings (SSSR count). The van der Waals surface area contributed by atoms with E-state index in [0.29, 0.717) is 11.6 Å². The maximum Gasteiger partial charge on any atom is 0.330 e. The Morgan fingerprint density at radius 2 is 2.00 bits per heavy atom. The minimum Gasteiger partial charge on any atom is -0.368 e. The van der Waals surface area contributed by atoms with E-state index in [1.54, 1.807) is 0 Å². The molecule has 0 aromatic carbocycles. The van der Waals surface area contributed by atoms with E-state index in [1.165, 1.54) is 11.3 Å². The Morgan fingerprint density at radius 1 is 1.33 bits per heavy atom. The Kier molecular flexibility index (Phi) is 7.02. The lowest BCUT2D eigenvalue weighted by molar-refractivity contribution is -0.168. The highest BCUT2D eigenvalue weighted by Gasteiger charge is 2.41. The Labute approximate surface area is 125 Å². The molecule has 0 aliphatic carbocycles. The summed E-state index contributed by atoms with van der Waals surface area (Å²) in [6, 6.07) is 0. The predicted octanol–water partition coefficient (Wildman–Crippen LogP) is 3.79. The van der Waals surface area contributed by atoms with E-state index in [2.05, 4.69) is 10.3 Å². The van der Waals surface area contributed by atoms with Crippen LogP contribution in [0.3, 0.4) is 0 Å². The highest BCUT2D eigenvalue weighted by atomic mass is 32.1. The summed E-state index contributed by atoms with van der Waals surface area (Å²) in [7, 11) is 0. The van der Waals surface area contributed by atoms with Crippen molar-refractivity contribution in [1.82, 2.24) is 10.3 Å². The van der Waals surface area contributed by atoms with Crippen LogP contribution in [0.15, 0.2) is 0 Å². The van der Waals surface area contributed by atoms with E-state index >= 15 is 0 Å². The van der Waals surface area contributed by atoms with Crippen LogP contribution in [0.25, 0.3) is 0 Å². The van der Waals surface area contributed by atoms with Crippen LogP contribution in [0.4, 0.5) is 17.6 Å². The maximum atomic E-state index is 12.7. The van der Waals surface area contributed by atoms with Gasteiger partial charge in [0, 0.05) is 11.4 Å². The summed E-state index contributed by atoms with van der Waals surface area (Å²) in [5.41, 5.74) is 0.889. The molecule has 3 nitrogen and oxygen atoms in total. The summed E-state index contributed by atoms with van der Waals surface area (Å²) < 4.78 is 54.1. The third-order valence-corrected chi connectivity index (χ3v) is 3.74. The first-order valence-electron chi connectivity index (χ1n) is 6.70. The lowest BCUT2D eigenvalue weighted by Crippen LogP contribution is -2.32. The van der Waals surface area contributed by atoms with Crippen LogP contribution >= 0.6 is 11.3 Å². The number of hydrogen-bond donors (Lipinski definition) is 1. The van der Waals surface area contributed by atoms with Gasteiger partial charge in [0.05, 0.1) is 12.3 Å². The molecule has 0 fully saturated rings. The zero-order valence-electron chi connectivity index (χ0n) is 12.3. The van der Waals surface area contributed by atoms with Gasteiger partial charge in [-0.1, -0.05) is 20.8 Å². The fourth-order valence-corrected chi connectivity index (χ4v) is 2.76. The third kappa shape index (κ3) is 5.52. The first kappa shape index (κ1) is 18.3. The van der Waals surface area contributed by atoms with Crippen molar-refractivity contribution in [1.29, 1.82) is 0 Å². The second-order valence-corrected chi connectivity index (χ2v) is 6.07. The van der Waals surface area contributed by atoms with Crippen LogP contribution in [0.2, 0.25) is 0 Å². The number of nitrogens with one attached hydrogen (secondary N) is 1. The van der Waals surface area contributed by atoms with Crippen LogP contribution in [-0.2, 0) is 17.9 Å². The van der Waals surface area contributed by atoms with E-state index in [4.69, 9.17) is 4.74 Å². The summed E-state index contributed by atoms with van der Waals surface area (Å²) in [4.78, 5) is 5.37. The van der Waals surface area contributed by atoms with Crippen molar-refractivity contribution in [3.63, 3.8) is 0 Å². The van der Waals surface area contributed by atoms with E-state index in [-0.39, 0.29) is 12.5 Å². The molecule has 1 N–H and O–H groups in total. The number of nitrogens with zero attached hydrogens (tertiary/aromatic N) is 1.